The number of nitrogens with zero attached hydrogens (tertiary/aromatic N) is 1. The van der Waals surface area contributed by atoms with Crippen LogP contribution < -0.4 is 5.32 Å². The SMILES string of the molecule is Cc1ccc(-c2cc(C(=O)NC(C)C(C)C)n[nH]2)s1. The summed E-state index contributed by atoms with van der Waals surface area (Å²) in [6.45, 7) is 8.21. The Labute approximate surface area is 117 Å². The van der Waals surface area contributed by atoms with Gasteiger partial charge in [-0.2, -0.15) is 5.10 Å². The molecule has 2 aromatic rings. The van der Waals surface area contributed by atoms with E-state index in [-0.39, 0.29) is 11.9 Å². The molecule has 0 bridgehead atoms. The maximum atomic E-state index is 12.0. The normalized spacial score (nSPS) is 12.7. The Morgan fingerprint density at radius 3 is 2.68 bits per heavy atom. The number of hydrogen-bond donors (Lipinski definition) is 2. The molecule has 1 atom stereocenters. The minimum atomic E-state index is -0.128. The van der Waals surface area contributed by atoms with Crippen LogP contribution in [-0.2, 0) is 0 Å². The lowest BCUT2D eigenvalue weighted by atomic mass is 10.1. The Morgan fingerprint density at radius 1 is 1.37 bits per heavy atom. The van der Waals surface area contributed by atoms with E-state index in [1.807, 2.05) is 13.0 Å². The van der Waals surface area contributed by atoms with Crippen LogP contribution in [0, 0.1) is 12.8 Å². The number of hydrogen-bond acceptors (Lipinski definition) is 3. The molecule has 0 aliphatic heterocycles. The van der Waals surface area contributed by atoms with Gasteiger partial charge in [0.2, 0.25) is 0 Å². The van der Waals surface area contributed by atoms with Crippen LogP contribution in [-0.4, -0.2) is 22.1 Å². The van der Waals surface area contributed by atoms with Gasteiger partial charge in [-0.05, 0) is 38.0 Å². The molecule has 0 saturated carbocycles. The van der Waals surface area contributed by atoms with Crippen LogP contribution in [0.4, 0.5) is 0 Å². The van der Waals surface area contributed by atoms with Crippen molar-refractivity contribution >= 4 is 17.2 Å². The molecule has 0 aliphatic carbocycles. The predicted molar refractivity (Wildman–Crippen MR) is 78.4 cm³/mol. The summed E-state index contributed by atoms with van der Waals surface area (Å²) in [5, 5.41) is 9.95. The lowest BCUT2D eigenvalue weighted by Crippen LogP contribution is -2.36. The third kappa shape index (κ3) is 3.23. The second-order valence-electron chi connectivity index (χ2n) is 5.08. The van der Waals surface area contributed by atoms with E-state index in [0.29, 0.717) is 11.6 Å². The van der Waals surface area contributed by atoms with Gasteiger partial charge in [0.15, 0.2) is 5.69 Å². The monoisotopic (exact) mass is 277 g/mol. The highest BCUT2D eigenvalue weighted by molar-refractivity contribution is 7.15. The van der Waals surface area contributed by atoms with Gasteiger partial charge in [0.05, 0.1) is 10.6 Å². The summed E-state index contributed by atoms with van der Waals surface area (Å²) in [6.07, 6.45) is 0. The fraction of sp³-hybridized carbons (Fsp3) is 0.429. The van der Waals surface area contributed by atoms with Gasteiger partial charge < -0.3 is 5.32 Å². The molecule has 2 heterocycles. The number of nitrogens with one attached hydrogen (secondary N) is 2. The van der Waals surface area contributed by atoms with Crippen molar-refractivity contribution in [1.82, 2.24) is 15.5 Å². The summed E-state index contributed by atoms with van der Waals surface area (Å²) in [5.41, 5.74) is 1.33. The van der Waals surface area contributed by atoms with Crippen molar-refractivity contribution in [2.75, 3.05) is 0 Å². The van der Waals surface area contributed by atoms with Gasteiger partial charge >= 0.3 is 0 Å². The summed E-state index contributed by atoms with van der Waals surface area (Å²) in [7, 11) is 0. The lowest BCUT2D eigenvalue weighted by Gasteiger charge is -2.16. The van der Waals surface area contributed by atoms with Crippen molar-refractivity contribution in [2.45, 2.75) is 33.7 Å². The maximum absolute atomic E-state index is 12.0. The molecular formula is C14H19N3OS. The molecule has 1 unspecified atom stereocenters. The number of carbonyl (C=O) groups excluding carboxylic acids is 1. The van der Waals surface area contributed by atoms with Crippen LogP contribution in [0.25, 0.3) is 10.6 Å². The molecule has 0 aromatic carbocycles. The molecule has 0 radical (unpaired) electrons. The number of aromatic amines is 1. The topological polar surface area (TPSA) is 57.8 Å². The van der Waals surface area contributed by atoms with Crippen molar-refractivity contribution in [2.24, 2.45) is 5.92 Å². The first-order chi connectivity index (χ1) is 8.97. The molecule has 0 fully saturated rings. The Morgan fingerprint density at radius 2 is 2.11 bits per heavy atom. The van der Waals surface area contributed by atoms with Gasteiger partial charge in [-0.15, -0.1) is 11.3 Å². The van der Waals surface area contributed by atoms with Gasteiger partial charge in [0.25, 0.3) is 5.91 Å². The van der Waals surface area contributed by atoms with E-state index < -0.39 is 0 Å². The average Bonchev–Trinajstić information content (AvgIpc) is 2.96. The Hall–Kier alpha value is -1.62. The Balaban J connectivity index is 2.11. The smallest absolute Gasteiger partial charge is 0.272 e. The minimum absolute atomic E-state index is 0.128. The average molecular weight is 277 g/mol. The fourth-order valence-corrected chi connectivity index (χ4v) is 2.42. The van der Waals surface area contributed by atoms with Crippen LogP contribution >= 0.6 is 11.3 Å². The maximum Gasteiger partial charge on any atom is 0.272 e. The summed E-state index contributed by atoms with van der Waals surface area (Å²) in [4.78, 5) is 14.4. The number of thiophene rings is 1. The number of aromatic nitrogens is 2. The summed E-state index contributed by atoms with van der Waals surface area (Å²) in [6, 6.07) is 6.03. The highest BCUT2D eigenvalue weighted by Gasteiger charge is 2.16. The van der Waals surface area contributed by atoms with Crippen molar-refractivity contribution in [3.63, 3.8) is 0 Å². The molecule has 1 amide bonds. The van der Waals surface area contributed by atoms with Gasteiger partial charge in [0.1, 0.15) is 0 Å². The zero-order chi connectivity index (χ0) is 14.0. The molecule has 102 valence electrons. The van der Waals surface area contributed by atoms with Crippen molar-refractivity contribution < 1.29 is 4.79 Å². The molecule has 2 N–H and O–H groups in total. The van der Waals surface area contributed by atoms with Crippen LogP contribution in [0.3, 0.4) is 0 Å². The van der Waals surface area contributed by atoms with Gasteiger partial charge in [-0.25, -0.2) is 0 Å². The second-order valence-corrected chi connectivity index (χ2v) is 6.37. The second kappa shape index (κ2) is 5.57. The van der Waals surface area contributed by atoms with Crippen molar-refractivity contribution in [3.8, 4) is 10.6 Å². The van der Waals surface area contributed by atoms with E-state index in [9.17, 15) is 4.79 Å². The number of carbonyl (C=O) groups is 1. The first-order valence-electron chi connectivity index (χ1n) is 6.40. The summed E-state index contributed by atoms with van der Waals surface area (Å²) in [5.74, 6) is 0.277. The molecule has 2 aromatic heterocycles. The van der Waals surface area contributed by atoms with Gasteiger partial charge in [0, 0.05) is 10.9 Å². The van der Waals surface area contributed by atoms with Crippen molar-refractivity contribution in [3.05, 3.63) is 28.8 Å². The molecule has 5 heteroatoms. The predicted octanol–water partition coefficient (Wildman–Crippen LogP) is 3.22. The minimum Gasteiger partial charge on any atom is -0.348 e. The third-order valence-electron chi connectivity index (χ3n) is 3.18. The molecule has 4 nitrogen and oxygen atoms in total. The largest absolute Gasteiger partial charge is 0.348 e. The van der Waals surface area contributed by atoms with Crippen molar-refractivity contribution in [1.29, 1.82) is 0 Å². The molecule has 0 spiro atoms. The molecule has 2 rings (SSSR count). The summed E-state index contributed by atoms with van der Waals surface area (Å²) < 4.78 is 0. The van der Waals surface area contributed by atoms with Gasteiger partial charge in [-0.3, -0.25) is 9.89 Å². The van der Waals surface area contributed by atoms with E-state index >= 15 is 0 Å². The lowest BCUT2D eigenvalue weighted by molar-refractivity contribution is 0.0925. The third-order valence-corrected chi connectivity index (χ3v) is 4.21. The molecular weight excluding hydrogens is 258 g/mol. The highest BCUT2D eigenvalue weighted by Crippen LogP contribution is 2.26. The molecule has 0 aliphatic rings. The Bertz CT molecular complexity index is 571. The van der Waals surface area contributed by atoms with Crippen LogP contribution in [0.15, 0.2) is 18.2 Å². The first-order valence-corrected chi connectivity index (χ1v) is 7.22. The fourth-order valence-electron chi connectivity index (χ4n) is 1.59. The zero-order valence-corrected chi connectivity index (χ0v) is 12.5. The Kier molecular flexibility index (Phi) is 4.04. The number of H-pyrrole nitrogens is 1. The summed E-state index contributed by atoms with van der Waals surface area (Å²) >= 11 is 1.68. The van der Waals surface area contributed by atoms with Gasteiger partial charge in [-0.1, -0.05) is 13.8 Å². The number of aryl methyl sites for hydroxylation is 1. The van der Waals surface area contributed by atoms with Crippen LogP contribution in [0.5, 0.6) is 0 Å². The van der Waals surface area contributed by atoms with E-state index in [1.54, 1.807) is 17.4 Å². The zero-order valence-electron chi connectivity index (χ0n) is 11.7. The standard InChI is InChI=1S/C14H19N3OS/c1-8(2)10(4)15-14(18)12-7-11(16-17-12)13-6-5-9(3)19-13/h5-8,10H,1-4H3,(H,15,18)(H,16,17). The highest BCUT2D eigenvalue weighted by atomic mass is 32.1. The van der Waals surface area contributed by atoms with E-state index in [2.05, 4.69) is 42.4 Å². The van der Waals surface area contributed by atoms with Crippen LogP contribution in [0.1, 0.15) is 36.1 Å². The van der Waals surface area contributed by atoms with E-state index in [1.165, 1.54) is 4.88 Å². The number of rotatable bonds is 4. The molecule has 0 saturated heterocycles. The quantitative estimate of drug-likeness (QED) is 0.901. The van der Waals surface area contributed by atoms with Crippen LogP contribution in [0.2, 0.25) is 0 Å². The number of amides is 1. The van der Waals surface area contributed by atoms with E-state index in [0.717, 1.165) is 10.6 Å². The first kappa shape index (κ1) is 13.8. The van der Waals surface area contributed by atoms with E-state index in [4.69, 9.17) is 0 Å². The molecule has 19 heavy (non-hydrogen) atoms.